The van der Waals surface area contributed by atoms with Gasteiger partial charge in [-0.3, -0.25) is 14.5 Å². The monoisotopic (exact) mass is 430 g/mol. The lowest BCUT2D eigenvalue weighted by Gasteiger charge is -2.25. The fourth-order valence-corrected chi connectivity index (χ4v) is 3.79. The summed E-state index contributed by atoms with van der Waals surface area (Å²) >= 11 is 6.03. The van der Waals surface area contributed by atoms with Crippen molar-refractivity contribution >= 4 is 34.7 Å². The van der Waals surface area contributed by atoms with E-state index in [4.69, 9.17) is 16.9 Å². The van der Waals surface area contributed by atoms with E-state index in [1.165, 1.54) is 35.2 Å². The molecule has 4 rings (SSSR count). The molecule has 7 heteroatoms. The number of rotatable bonds is 3. The number of phenols is 1. The van der Waals surface area contributed by atoms with E-state index in [9.17, 15) is 19.8 Å². The van der Waals surface area contributed by atoms with Crippen molar-refractivity contribution in [2.75, 3.05) is 4.90 Å². The summed E-state index contributed by atoms with van der Waals surface area (Å²) in [5.74, 6) is -2.12. The van der Waals surface area contributed by atoms with Crippen LogP contribution in [0.2, 0.25) is 5.02 Å². The lowest BCUT2D eigenvalue weighted by molar-refractivity contribution is -0.132. The second-order valence-corrected chi connectivity index (χ2v) is 7.37. The van der Waals surface area contributed by atoms with Gasteiger partial charge in [-0.1, -0.05) is 35.9 Å². The molecule has 3 aromatic carbocycles. The van der Waals surface area contributed by atoms with Crippen LogP contribution in [0.3, 0.4) is 0 Å². The number of benzene rings is 3. The molecular weight excluding hydrogens is 416 g/mol. The minimum atomic E-state index is -0.987. The number of phenolic OH excluding ortho intramolecular Hbond substituents is 1. The number of nitriles is 1. The Hall–Kier alpha value is -4.08. The molecule has 1 heterocycles. The summed E-state index contributed by atoms with van der Waals surface area (Å²) in [6.45, 7) is 0. The Kier molecular flexibility index (Phi) is 5.20. The number of carbonyl (C=O) groups excluding carboxylic acids is 2. The number of aromatic hydroxyl groups is 1. The van der Waals surface area contributed by atoms with Crippen molar-refractivity contribution in [2.45, 2.75) is 6.04 Å². The SMILES string of the molecule is N#Cc1ccc(N2C(=O)C(=O)/C(=C(\O)c3cccc(Cl)c3)C2c2cccc(O)c2)cc1. The van der Waals surface area contributed by atoms with Crippen LogP contribution in [0.15, 0.2) is 78.4 Å². The molecule has 3 aromatic rings. The Labute approximate surface area is 182 Å². The molecule has 0 aromatic heterocycles. The van der Waals surface area contributed by atoms with Gasteiger partial charge in [0.1, 0.15) is 11.5 Å². The predicted molar refractivity (Wildman–Crippen MR) is 115 cm³/mol. The summed E-state index contributed by atoms with van der Waals surface area (Å²) < 4.78 is 0. The molecule has 1 aliphatic rings. The third-order valence-electron chi connectivity index (χ3n) is 5.00. The van der Waals surface area contributed by atoms with Gasteiger partial charge in [0.25, 0.3) is 11.7 Å². The normalized spacial score (nSPS) is 17.5. The van der Waals surface area contributed by atoms with Gasteiger partial charge in [0.05, 0.1) is 23.2 Å². The molecule has 1 aliphatic heterocycles. The van der Waals surface area contributed by atoms with Crippen molar-refractivity contribution in [1.82, 2.24) is 0 Å². The molecule has 0 radical (unpaired) electrons. The van der Waals surface area contributed by atoms with Crippen molar-refractivity contribution in [1.29, 1.82) is 5.26 Å². The number of hydrogen-bond acceptors (Lipinski definition) is 5. The minimum absolute atomic E-state index is 0.0503. The molecule has 2 N–H and O–H groups in total. The zero-order valence-corrected chi connectivity index (χ0v) is 16.7. The molecule has 1 saturated heterocycles. The van der Waals surface area contributed by atoms with Crippen molar-refractivity contribution in [3.05, 3.63) is 100 Å². The summed E-state index contributed by atoms with van der Waals surface area (Å²) in [6.07, 6.45) is 0. The van der Waals surface area contributed by atoms with E-state index < -0.39 is 17.7 Å². The zero-order chi connectivity index (χ0) is 22.1. The average molecular weight is 431 g/mol. The van der Waals surface area contributed by atoms with E-state index in [2.05, 4.69) is 0 Å². The number of Topliss-reactive ketones (excluding diaryl/α,β-unsaturated/α-hetero) is 1. The Morgan fingerprint density at radius 2 is 1.71 bits per heavy atom. The van der Waals surface area contributed by atoms with Crippen molar-refractivity contribution in [3.63, 3.8) is 0 Å². The molecule has 1 unspecified atom stereocenters. The van der Waals surface area contributed by atoms with Gasteiger partial charge in [0.2, 0.25) is 0 Å². The van der Waals surface area contributed by atoms with Gasteiger partial charge in [0, 0.05) is 16.3 Å². The smallest absolute Gasteiger partial charge is 0.300 e. The molecule has 6 nitrogen and oxygen atoms in total. The maximum atomic E-state index is 13.0. The highest BCUT2D eigenvalue weighted by molar-refractivity contribution is 6.51. The van der Waals surface area contributed by atoms with E-state index >= 15 is 0 Å². The summed E-state index contributed by atoms with van der Waals surface area (Å²) in [7, 11) is 0. The van der Waals surface area contributed by atoms with Gasteiger partial charge in [-0.2, -0.15) is 5.26 Å². The van der Waals surface area contributed by atoms with Crippen LogP contribution in [-0.4, -0.2) is 21.9 Å². The molecule has 0 aliphatic carbocycles. The number of hydrogen-bond donors (Lipinski definition) is 2. The molecular formula is C24H15ClN2O4. The van der Waals surface area contributed by atoms with Crippen LogP contribution in [0.4, 0.5) is 5.69 Å². The van der Waals surface area contributed by atoms with E-state index in [1.54, 1.807) is 42.5 Å². The molecule has 0 bridgehead atoms. The average Bonchev–Trinajstić information content (AvgIpc) is 3.04. The van der Waals surface area contributed by atoms with Gasteiger partial charge < -0.3 is 10.2 Å². The standard InChI is InChI=1S/C24H15ClN2O4/c25-17-5-1-4-16(11-17)22(29)20-21(15-3-2-6-19(28)12-15)27(24(31)23(20)30)18-9-7-14(13-26)8-10-18/h1-12,21,28-29H/b22-20-. The van der Waals surface area contributed by atoms with E-state index in [0.717, 1.165) is 0 Å². The molecule has 152 valence electrons. The summed E-state index contributed by atoms with van der Waals surface area (Å²) in [4.78, 5) is 27.3. The van der Waals surface area contributed by atoms with Crippen molar-refractivity contribution in [3.8, 4) is 11.8 Å². The lowest BCUT2D eigenvalue weighted by Crippen LogP contribution is -2.29. The number of aliphatic hydroxyl groups is 1. The Balaban J connectivity index is 1.95. The first-order chi connectivity index (χ1) is 14.9. The fraction of sp³-hybridized carbons (Fsp3) is 0.0417. The highest BCUT2D eigenvalue weighted by Crippen LogP contribution is 2.42. The highest BCUT2D eigenvalue weighted by Gasteiger charge is 2.47. The maximum absolute atomic E-state index is 13.0. The largest absolute Gasteiger partial charge is 0.508 e. The van der Waals surface area contributed by atoms with Crippen LogP contribution in [0, 0.1) is 11.3 Å². The second kappa shape index (κ2) is 7.98. The third kappa shape index (κ3) is 3.63. The third-order valence-corrected chi connectivity index (χ3v) is 5.24. The summed E-state index contributed by atoms with van der Waals surface area (Å²) in [5, 5.41) is 30.4. The quantitative estimate of drug-likeness (QED) is 0.360. The molecule has 31 heavy (non-hydrogen) atoms. The Morgan fingerprint density at radius 3 is 2.35 bits per heavy atom. The van der Waals surface area contributed by atoms with E-state index in [1.807, 2.05) is 6.07 Å². The summed E-state index contributed by atoms with van der Waals surface area (Å²) in [6, 6.07) is 19.6. The van der Waals surface area contributed by atoms with Crippen molar-refractivity contribution < 1.29 is 19.8 Å². The first-order valence-corrected chi connectivity index (χ1v) is 9.64. The number of halogens is 1. The molecule has 1 amide bonds. The Bertz CT molecular complexity index is 1280. The number of nitrogens with zero attached hydrogens (tertiary/aromatic N) is 2. The van der Waals surface area contributed by atoms with Gasteiger partial charge in [-0.15, -0.1) is 0 Å². The van der Waals surface area contributed by atoms with Crippen LogP contribution in [0.1, 0.15) is 22.7 Å². The lowest BCUT2D eigenvalue weighted by atomic mass is 9.95. The number of carbonyl (C=O) groups is 2. The Morgan fingerprint density at radius 1 is 1.00 bits per heavy atom. The van der Waals surface area contributed by atoms with Gasteiger partial charge in [0.15, 0.2) is 0 Å². The van der Waals surface area contributed by atoms with Gasteiger partial charge >= 0.3 is 0 Å². The number of anilines is 1. The molecule has 0 saturated carbocycles. The van der Waals surface area contributed by atoms with Crippen LogP contribution in [-0.2, 0) is 9.59 Å². The van der Waals surface area contributed by atoms with E-state index in [-0.39, 0.29) is 22.6 Å². The van der Waals surface area contributed by atoms with Crippen LogP contribution < -0.4 is 4.90 Å². The number of ketones is 1. The van der Waals surface area contributed by atoms with E-state index in [0.29, 0.717) is 21.8 Å². The summed E-state index contributed by atoms with van der Waals surface area (Å²) in [5.41, 5.74) is 1.37. The zero-order valence-electron chi connectivity index (χ0n) is 16.0. The maximum Gasteiger partial charge on any atom is 0.300 e. The predicted octanol–water partition coefficient (Wildman–Crippen LogP) is 4.54. The van der Waals surface area contributed by atoms with Crippen molar-refractivity contribution in [2.24, 2.45) is 0 Å². The van der Waals surface area contributed by atoms with Gasteiger partial charge in [-0.25, -0.2) is 0 Å². The first-order valence-electron chi connectivity index (χ1n) is 9.26. The molecule has 0 spiro atoms. The number of amides is 1. The highest BCUT2D eigenvalue weighted by atomic mass is 35.5. The molecule has 1 atom stereocenters. The van der Waals surface area contributed by atoms with Gasteiger partial charge in [-0.05, 0) is 54.1 Å². The second-order valence-electron chi connectivity index (χ2n) is 6.93. The van der Waals surface area contributed by atoms with Crippen LogP contribution >= 0.6 is 11.6 Å². The van der Waals surface area contributed by atoms with Crippen LogP contribution in [0.5, 0.6) is 5.75 Å². The molecule has 1 fully saturated rings. The van der Waals surface area contributed by atoms with Crippen LogP contribution in [0.25, 0.3) is 5.76 Å². The first kappa shape index (κ1) is 20.2. The fourth-order valence-electron chi connectivity index (χ4n) is 3.60. The minimum Gasteiger partial charge on any atom is -0.508 e. The topological polar surface area (TPSA) is 102 Å². The number of aliphatic hydroxyl groups excluding tert-OH is 1.